The van der Waals surface area contributed by atoms with Gasteiger partial charge in [0.2, 0.25) is 0 Å². The van der Waals surface area contributed by atoms with Crippen LogP contribution < -0.4 is 10.1 Å². The van der Waals surface area contributed by atoms with Crippen molar-refractivity contribution in [1.82, 2.24) is 0 Å². The molecule has 1 aliphatic carbocycles. The summed E-state index contributed by atoms with van der Waals surface area (Å²) in [7, 11) is 1.62. The minimum absolute atomic E-state index is 0.629. The van der Waals surface area contributed by atoms with E-state index >= 15 is 0 Å². The topological polar surface area (TPSA) is 45.0 Å². The Morgan fingerprint density at radius 2 is 2.33 bits per heavy atom. The highest BCUT2D eigenvalue weighted by Crippen LogP contribution is 2.31. The second-order valence-corrected chi connectivity index (χ2v) is 3.85. The van der Waals surface area contributed by atoms with Crippen molar-refractivity contribution < 1.29 is 4.74 Å². The molecule has 1 saturated carbocycles. The van der Waals surface area contributed by atoms with Gasteiger partial charge in [-0.1, -0.05) is 0 Å². The predicted molar refractivity (Wildman–Crippen MR) is 58.9 cm³/mol. The molecule has 3 nitrogen and oxygen atoms in total. The van der Waals surface area contributed by atoms with Crippen molar-refractivity contribution in [2.24, 2.45) is 5.92 Å². The molecule has 0 saturated heterocycles. The van der Waals surface area contributed by atoms with Gasteiger partial charge in [-0.2, -0.15) is 5.26 Å². The fourth-order valence-corrected chi connectivity index (χ4v) is 1.48. The first-order chi connectivity index (χ1) is 7.33. The van der Waals surface area contributed by atoms with Gasteiger partial charge in [-0.3, -0.25) is 0 Å². The Labute approximate surface area is 89.7 Å². The van der Waals surface area contributed by atoms with E-state index < -0.39 is 0 Å². The molecule has 78 valence electrons. The van der Waals surface area contributed by atoms with Gasteiger partial charge < -0.3 is 10.1 Å². The van der Waals surface area contributed by atoms with Crippen molar-refractivity contribution >= 4 is 5.69 Å². The minimum atomic E-state index is 0.629. The lowest BCUT2D eigenvalue weighted by molar-refractivity contribution is 0.416. The molecule has 0 amide bonds. The Hall–Kier alpha value is -1.69. The number of hydrogen-bond donors (Lipinski definition) is 1. The molecule has 0 aromatic heterocycles. The van der Waals surface area contributed by atoms with Gasteiger partial charge >= 0.3 is 0 Å². The van der Waals surface area contributed by atoms with Crippen LogP contribution in [0, 0.1) is 17.2 Å². The molecule has 15 heavy (non-hydrogen) atoms. The number of anilines is 1. The van der Waals surface area contributed by atoms with Crippen LogP contribution in [-0.2, 0) is 0 Å². The SMILES string of the molecule is COc1cc(C#N)ccc1NCC1CC1. The normalized spacial score (nSPS) is 14.4. The molecule has 0 radical (unpaired) electrons. The van der Waals surface area contributed by atoms with E-state index in [1.54, 1.807) is 19.2 Å². The highest BCUT2D eigenvalue weighted by molar-refractivity contribution is 5.59. The molecule has 0 atom stereocenters. The highest BCUT2D eigenvalue weighted by Gasteiger charge is 2.21. The highest BCUT2D eigenvalue weighted by atomic mass is 16.5. The summed E-state index contributed by atoms with van der Waals surface area (Å²) in [5, 5.41) is 12.1. The summed E-state index contributed by atoms with van der Waals surface area (Å²) in [6.07, 6.45) is 2.65. The van der Waals surface area contributed by atoms with E-state index in [1.807, 2.05) is 6.07 Å². The summed E-state index contributed by atoms with van der Waals surface area (Å²) in [6.45, 7) is 1.00. The van der Waals surface area contributed by atoms with Crippen LogP contribution in [-0.4, -0.2) is 13.7 Å². The minimum Gasteiger partial charge on any atom is -0.495 e. The van der Waals surface area contributed by atoms with Gasteiger partial charge in [-0.15, -0.1) is 0 Å². The van der Waals surface area contributed by atoms with Crippen molar-refractivity contribution in [1.29, 1.82) is 5.26 Å². The molecule has 0 unspecified atom stereocenters. The van der Waals surface area contributed by atoms with Crippen molar-refractivity contribution in [2.45, 2.75) is 12.8 Å². The maximum absolute atomic E-state index is 8.75. The molecule has 1 aromatic rings. The second-order valence-electron chi connectivity index (χ2n) is 3.85. The Morgan fingerprint density at radius 1 is 1.53 bits per heavy atom. The summed E-state index contributed by atoms with van der Waals surface area (Å²) in [6, 6.07) is 7.56. The zero-order chi connectivity index (χ0) is 10.7. The molecule has 1 aliphatic rings. The lowest BCUT2D eigenvalue weighted by Gasteiger charge is -2.10. The van der Waals surface area contributed by atoms with Gasteiger partial charge in [0.15, 0.2) is 0 Å². The fourth-order valence-electron chi connectivity index (χ4n) is 1.48. The molecule has 0 aliphatic heterocycles. The zero-order valence-corrected chi connectivity index (χ0v) is 8.79. The van der Waals surface area contributed by atoms with Crippen molar-refractivity contribution in [3.05, 3.63) is 23.8 Å². The quantitative estimate of drug-likeness (QED) is 0.815. The molecule has 1 aromatic carbocycles. The zero-order valence-electron chi connectivity index (χ0n) is 8.79. The number of nitriles is 1. The van der Waals surface area contributed by atoms with Crippen LogP contribution in [0.4, 0.5) is 5.69 Å². The lowest BCUT2D eigenvalue weighted by Crippen LogP contribution is -2.04. The van der Waals surface area contributed by atoms with E-state index in [1.165, 1.54) is 12.8 Å². The summed E-state index contributed by atoms with van der Waals surface area (Å²) in [4.78, 5) is 0. The number of benzene rings is 1. The van der Waals surface area contributed by atoms with Crippen molar-refractivity contribution in [2.75, 3.05) is 19.0 Å². The largest absolute Gasteiger partial charge is 0.495 e. The number of hydrogen-bond acceptors (Lipinski definition) is 3. The number of rotatable bonds is 4. The van der Waals surface area contributed by atoms with E-state index in [0.29, 0.717) is 5.56 Å². The summed E-state index contributed by atoms with van der Waals surface area (Å²) < 4.78 is 5.23. The standard InChI is InChI=1S/C12H14N2O/c1-15-12-6-10(7-13)4-5-11(12)14-8-9-2-3-9/h4-6,9,14H,2-3,8H2,1H3. The Bertz CT molecular complexity index is 391. The monoisotopic (exact) mass is 202 g/mol. The second kappa shape index (κ2) is 4.22. The van der Waals surface area contributed by atoms with E-state index in [4.69, 9.17) is 10.00 Å². The smallest absolute Gasteiger partial charge is 0.143 e. The van der Waals surface area contributed by atoms with Gasteiger partial charge in [0.05, 0.1) is 24.4 Å². The van der Waals surface area contributed by atoms with Crippen molar-refractivity contribution in [3.8, 4) is 11.8 Å². The number of nitrogens with zero attached hydrogens (tertiary/aromatic N) is 1. The van der Waals surface area contributed by atoms with Gasteiger partial charge in [0, 0.05) is 12.6 Å². The first-order valence-corrected chi connectivity index (χ1v) is 5.15. The third-order valence-electron chi connectivity index (χ3n) is 2.61. The molecule has 3 heteroatoms. The van der Waals surface area contributed by atoms with Gasteiger partial charge in [-0.05, 0) is 30.9 Å². The molecule has 2 rings (SSSR count). The Kier molecular flexibility index (Phi) is 2.77. The van der Waals surface area contributed by atoms with Crippen LogP contribution in [0.15, 0.2) is 18.2 Å². The van der Waals surface area contributed by atoms with Crippen LogP contribution in [0.25, 0.3) is 0 Å². The van der Waals surface area contributed by atoms with E-state index in [-0.39, 0.29) is 0 Å². The first kappa shape index (κ1) is 9.85. The van der Waals surface area contributed by atoms with Crippen LogP contribution in [0.5, 0.6) is 5.75 Å². The van der Waals surface area contributed by atoms with E-state index in [9.17, 15) is 0 Å². The first-order valence-electron chi connectivity index (χ1n) is 5.15. The maximum Gasteiger partial charge on any atom is 0.143 e. The van der Waals surface area contributed by atoms with E-state index in [0.717, 1.165) is 23.9 Å². The Morgan fingerprint density at radius 3 is 2.93 bits per heavy atom. The average Bonchev–Trinajstić information content (AvgIpc) is 3.10. The van der Waals surface area contributed by atoms with Crippen LogP contribution >= 0.6 is 0 Å². The van der Waals surface area contributed by atoms with Crippen LogP contribution in [0.1, 0.15) is 18.4 Å². The number of nitrogens with one attached hydrogen (secondary N) is 1. The number of ether oxygens (including phenoxy) is 1. The summed E-state index contributed by atoms with van der Waals surface area (Å²) >= 11 is 0. The summed E-state index contributed by atoms with van der Waals surface area (Å²) in [5.74, 6) is 1.57. The predicted octanol–water partition coefficient (Wildman–Crippen LogP) is 2.39. The van der Waals surface area contributed by atoms with Gasteiger partial charge in [0.25, 0.3) is 0 Å². The summed E-state index contributed by atoms with van der Waals surface area (Å²) in [5.41, 5.74) is 1.60. The number of methoxy groups -OCH3 is 1. The third kappa shape index (κ3) is 2.41. The molecule has 0 heterocycles. The molecule has 0 bridgehead atoms. The van der Waals surface area contributed by atoms with Crippen LogP contribution in [0.3, 0.4) is 0 Å². The average molecular weight is 202 g/mol. The molecule has 1 fully saturated rings. The van der Waals surface area contributed by atoms with E-state index in [2.05, 4.69) is 11.4 Å². The molecule has 0 spiro atoms. The molecular formula is C12H14N2O. The Balaban J connectivity index is 2.10. The molecule has 1 N–H and O–H groups in total. The van der Waals surface area contributed by atoms with Crippen molar-refractivity contribution in [3.63, 3.8) is 0 Å². The molecular weight excluding hydrogens is 188 g/mol. The van der Waals surface area contributed by atoms with Gasteiger partial charge in [0.1, 0.15) is 5.75 Å². The van der Waals surface area contributed by atoms with Gasteiger partial charge in [-0.25, -0.2) is 0 Å². The lowest BCUT2D eigenvalue weighted by atomic mass is 10.2. The fraction of sp³-hybridized carbons (Fsp3) is 0.417. The maximum atomic E-state index is 8.75. The third-order valence-corrected chi connectivity index (χ3v) is 2.61. The van der Waals surface area contributed by atoms with Crippen LogP contribution in [0.2, 0.25) is 0 Å².